The van der Waals surface area contributed by atoms with Gasteiger partial charge >= 0.3 is 0 Å². The predicted octanol–water partition coefficient (Wildman–Crippen LogP) is 2.22. The van der Waals surface area contributed by atoms with Gasteiger partial charge in [-0.3, -0.25) is 4.79 Å². The first kappa shape index (κ1) is 23.4. The Morgan fingerprint density at radius 3 is 2.28 bits per heavy atom. The SMILES string of the molecule is CCCCOc1ccc(C(=O)N2CCN(S(=O)(=O)N(CC)CC)CC2)cc1OC. The van der Waals surface area contributed by atoms with Crippen LogP contribution in [0.15, 0.2) is 18.2 Å². The largest absolute Gasteiger partial charge is 0.493 e. The molecule has 9 heteroatoms. The minimum Gasteiger partial charge on any atom is -0.493 e. The molecular formula is C20H33N3O5S. The van der Waals surface area contributed by atoms with Gasteiger partial charge in [0, 0.05) is 44.8 Å². The summed E-state index contributed by atoms with van der Waals surface area (Å²) >= 11 is 0. The number of ether oxygens (including phenoxy) is 2. The molecule has 1 aliphatic rings. The van der Waals surface area contributed by atoms with Crippen LogP contribution in [0.2, 0.25) is 0 Å². The quantitative estimate of drug-likeness (QED) is 0.535. The van der Waals surface area contributed by atoms with Crippen LogP contribution < -0.4 is 9.47 Å². The fourth-order valence-corrected chi connectivity index (χ4v) is 4.87. The number of hydrogen-bond acceptors (Lipinski definition) is 5. The summed E-state index contributed by atoms with van der Waals surface area (Å²) in [6.45, 7) is 8.51. The van der Waals surface area contributed by atoms with Gasteiger partial charge in [0.2, 0.25) is 0 Å². The Morgan fingerprint density at radius 2 is 1.72 bits per heavy atom. The molecule has 1 amide bonds. The molecule has 0 spiro atoms. The summed E-state index contributed by atoms with van der Waals surface area (Å²) in [5, 5.41) is 0. The van der Waals surface area contributed by atoms with Crippen LogP contribution in [0.1, 0.15) is 44.0 Å². The molecule has 0 radical (unpaired) electrons. The number of hydrogen-bond donors (Lipinski definition) is 0. The number of unbranched alkanes of at least 4 members (excludes halogenated alkanes) is 1. The summed E-state index contributed by atoms with van der Waals surface area (Å²) in [4.78, 5) is 14.6. The zero-order valence-corrected chi connectivity index (χ0v) is 18.7. The summed E-state index contributed by atoms with van der Waals surface area (Å²) in [7, 11) is -1.92. The van der Waals surface area contributed by atoms with Gasteiger partial charge in [-0.1, -0.05) is 27.2 Å². The van der Waals surface area contributed by atoms with E-state index in [2.05, 4.69) is 6.92 Å². The normalized spacial score (nSPS) is 15.6. The van der Waals surface area contributed by atoms with Gasteiger partial charge < -0.3 is 14.4 Å². The van der Waals surface area contributed by atoms with Gasteiger partial charge in [0.1, 0.15) is 0 Å². The second kappa shape index (κ2) is 10.8. The van der Waals surface area contributed by atoms with E-state index in [9.17, 15) is 13.2 Å². The average Bonchev–Trinajstić information content (AvgIpc) is 2.74. The molecule has 1 saturated heterocycles. The monoisotopic (exact) mass is 427 g/mol. The van der Waals surface area contributed by atoms with Gasteiger partial charge in [-0.2, -0.15) is 17.0 Å². The summed E-state index contributed by atoms with van der Waals surface area (Å²) in [6, 6.07) is 5.16. The molecule has 0 atom stereocenters. The van der Waals surface area contributed by atoms with E-state index in [0.29, 0.717) is 62.9 Å². The van der Waals surface area contributed by atoms with E-state index in [4.69, 9.17) is 9.47 Å². The first-order chi connectivity index (χ1) is 13.9. The Kier molecular flexibility index (Phi) is 8.73. The van der Waals surface area contributed by atoms with Crippen molar-refractivity contribution in [1.29, 1.82) is 0 Å². The highest BCUT2D eigenvalue weighted by Gasteiger charge is 2.32. The first-order valence-corrected chi connectivity index (χ1v) is 11.6. The van der Waals surface area contributed by atoms with E-state index in [-0.39, 0.29) is 5.91 Å². The van der Waals surface area contributed by atoms with Gasteiger partial charge in [0.15, 0.2) is 11.5 Å². The maximum absolute atomic E-state index is 12.9. The lowest BCUT2D eigenvalue weighted by molar-refractivity contribution is 0.0693. The maximum Gasteiger partial charge on any atom is 0.282 e. The van der Waals surface area contributed by atoms with Crippen molar-refractivity contribution >= 4 is 16.1 Å². The molecule has 164 valence electrons. The smallest absolute Gasteiger partial charge is 0.282 e. The molecule has 0 bridgehead atoms. The summed E-state index contributed by atoms with van der Waals surface area (Å²) < 4.78 is 39.3. The Labute approximate surface area is 174 Å². The van der Waals surface area contributed by atoms with Crippen LogP contribution >= 0.6 is 0 Å². The molecule has 1 aromatic rings. The van der Waals surface area contributed by atoms with Gasteiger partial charge in [-0.15, -0.1) is 0 Å². The number of rotatable bonds is 10. The third-order valence-corrected chi connectivity index (χ3v) is 7.24. The van der Waals surface area contributed by atoms with Gasteiger partial charge in [0.25, 0.3) is 16.1 Å². The van der Waals surface area contributed by atoms with Crippen LogP contribution in [0.25, 0.3) is 0 Å². The fourth-order valence-electron chi connectivity index (χ4n) is 3.26. The van der Waals surface area contributed by atoms with Crippen molar-refractivity contribution in [2.24, 2.45) is 0 Å². The van der Waals surface area contributed by atoms with E-state index < -0.39 is 10.2 Å². The van der Waals surface area contributed by atoms with Crippen LogP contribution in [-0.4, -0.2) is 80.8 Å². The Hall–Kier alpha value is -1.84. The number of amides is 1. The molecule has 1 aromatic carbocycles. The van der Waals surface area contributed by atoms with Crippen molar-refractivity contribution in [3.8, 4) is 11.5 Å². The van der Waals surface area contributed by atoms with Gasteiger partial charge in [-0.25, -0.2) is 0 Å². The average molecular weight is 428 g/mol. The lowest BCUT2D eigenvalue weighted by Crippen LogP contribution is -2.54. The molecular weight excluding hydrogens is 394 g/mol. The minimum absolute atomic E-state index is 0.136. The first-order valence-electron chi connectivity index (χ1n) is 10.2. The third-order valence-electron chi connectivity index (χ3n) is 5.05. The van der Waals surface area contributed by atoms with Crippen LogP contribution in [-0.2, 0) is 10.2 Å². The zero-order chi connectivity index (χ0) is 21.4. The Bertz CT molecular complexity index is 772. The molecule has 8 nitrogen and oxygen atoms in total. The zero-order valence-electron chi connectivity index (χ0n) is 17.9. The van der Waals surface area contributed by atoms with E-state index in [0.717, 1.165) is 12.8 Å². The van der Waals surface area contributed by atoms with Crippen molar-refractivity contribution in [2.45, 2.75) is 33.6 Å². The van der Waals surface area contributed by atoms with Crippen LogP contribution in [0.4, 0.5) is 0 Å². The number of nitrogens with zero attached hydrogens (tertiary/aromatic N) is 3. The van der Waals surface area contributed by atoms with Crippen molar-refractivity contribution in [2.75, 3.05) is 53.0 Å². The highest BCUT2D eigenvalue weighted by atomic mass is 32.2. The molecule has 29 heavy (non-hydrogen) atoms. The minimum atomic E-state index is -3.47. The fraction of sp³-hybridized carbons (Fsp3) is 0.650. The molecule has 0 aromatic heterocycles. The van der Waals surface area contributed by atoms with Crippen molar-refractivity contribution < 1.29 is 22.7 Å². The van der Waals surface area contributed by atoms with Gasteiger partial charge in [-0.05, 0) is 24.6 Å². The Morgan fingerprint density at radius 1 is 1.07 bits per heavy atom. The number of methoxy groups -OCH3 is 1. The summed E-state index contributed by atoms with van der Waals surface area (Å²) in [5.41, 5.74) is 0.504. The van der Waals surface area contributed by atoms with Crippen molar-refractivity contribution in [1.82, 2.24) is 13.5 Å². The number of carbonyl (C=O) groups excluding carboxylic acids is 1. The standard InChI is InChI=1S/C20H33N3O5S/c1-5-8-15-28-18-10-9-17(16-19(18)27-4)20(24)21-11-13-23(14-12-21)29(25,26)22(6-2)7-3/h9-10,16H,5-8,11-15H2,1-4H3. The molecule has 0 unspecified atom stereocenters. The number of carbonyl (C=O) groups is 1. The van der Waals surface area contributed by atoms with E-state index in [1.54, 1.807) is 30.2 Å². The predicted molar refractivity (Wildman–Crippen MR) is 113 cm³/mol. The molecule has 1 heterocycles. The summed E-state index contributed by atoms with van der Waals surface area (Å²) in [5.74, 6) is 1.01. The van der Waals surface area contributed by atoms with Crippen LogP contribution in [0.5, 0.6) is 11.5 Å². The van der Waals surface area contributed by atoms with E-state index in [1.807, 2.05) is 13.8 Å². The van der Waals surface area contributed by atoms with Crippen LogP contribution in [0, 0.1) is 0 Å². The molecule has 0 N–H and O–H groups in total. The maximum atomic E-state index is 12.9. The highest BCUT2D eigenvalue weighted by Crippen LogP contribution is 2.29. The number of piperazine rings is 1. The highest BCUT2D eigenvalue weighted by molar-refractivity contribution is 7.86. The lowest BCUT2D eigenvalue weighted by atomic mass is 10.1. The van der Waals surface area contributed by atoms with Crippen LogP contribution in [0.3, 0.4) is 0 Å². The number of benzene rings is 1. The summed E-state index contributed by atoms with van der Waals surface area (Å²) in [6.07, 6.45) is 1.99. The second-order valence-corrected chi connectivity index (χ2v) is 8.78. The van der Waals surface area contributed by atoms with Gasteiger partial charge in [0.05, 0.1) is 13.7 Å². The van der Waals surface area contributed by atoms with Crippen molar-refractivity contribution in [3.05, 3.63) is 23.8 Å². The second-order valence-electron chi connectivity index (χ2n) is 6.85. The lowest BCUT2D eigenvalue weighted by Gasteiger charge is -2.36. The molecule has 1 aliphatic heterocycles. The Balaban J connectivity index is 2.03. The van der Waals surface area contributed by atoms with E-state index in [1.165, 1.54) is 8.61 Å². The molecule has 0 saturated carbocycles. The topological polar surface area (TPSA) is 79.4 Å². The van der Waals surface area contributed by atoms with E-state index >= 15 is 0 Å². The molecule has 1 fully saturated rings. The van der Waals surface area contributed by atoms with Crippen molar-refractivity contribution in [3.63, 3.8) is 0 Å². The molecule has 2 rings (SSSR count). The third kappa shape index (κ3) is 5.61. The molecule has 0 aliphatic carbocycles.